The lowest BCUT2D eigenvalue weighted by molar-refractivity contribution is -0.147. The summed E-state index contributed by atoms with van der Waals surface area (Å²) >= 11 is 12.7. The minimum absolute atomic E-state index is 0.0350. The third kappa shape index (κ3) is 5.95. The quantitative estimate of drug-likeness (QED) is 0.188. The molecule has 0 spiro atoms. The van der Waals surface area contributed by atoms with Crippen LogP contribution in [-0.2, 0) is 19.6 Å². The van der Waals surface area contributed by atoms with Crippen LogP contribution >= 0.6 is 23.2 Å². The van der Waals surface area contributed by atoms with Gasteiger partial charge in [0.1, 0.15) is 17.5 Å². The predicted molar refractivity (Wildman–Crippen MR) is 145 cm³/mol. The summed E-state index contributed by atoms with van der Waals surface area (Å²) in [6.07, 6.45) is 2.16. The fourth-order valence-electron chi connectivity index (χ4n) is 5.53. The van der Waals surface area contributed by atoms with E-state index in [0.717, 1.165) is 0 Å². The molecule has 1 amide bonds. The molecule has 0 radical (unpaired) electrons. The zero-order valence-electron chi connectivity index (χ0n) is 21.0. The number of ether oxygens (including phenoxy) is 1. The number of sulfonamides is 1. The molecule has 2 aromatic rings. The van der Waals surface area contributed by atoms with Crippen molar-refractivity contribution in [1.82, 2.24) is 9.62 Å². The van der Waals surface area contributed by atoms with Crippen LogP contribution in [0, 0.1) is 0 Å². The summed E-state index contributed by atoms with van der Waals surface area (Å²) in [5.41, 5.74) is 9.37. The van der Waals surface area contributed by atoms with Gasteiger partial charge in [0.05, 0.1) is 17.7 Å². The summed E-state index contributed by atoms with van der Waals surface area (Å²) in [7, 11) is -4.03. The van der Waals surface area contributed by atoms with Crippen molar-refractivity contribution in [2.45, 2.75) is 56.7 Å². The number of benzene rings is 2. The van der Waals surface area contributed by atoms with E-state index in [4.69, 9.17) is 33.5 Å². The molecule has 4 atom stereocenters. The van der Waals surface area contributed by atoms with Crippen LogP contribution in [0.4, 0.5) is 0 Å². The molecule has 1 heterocycles. The number of carbonyl (C=O) groups excluding carboxylic acids is 2. The van der Waals surface area contributed by atoms with Gasteiger partial charge in [0, 0.05) is 33.1 Å². The molecule has 11 nitrogen and oxygen atoms in total. The van der Waals surface area contributed by atoms with Crippen molar-refractivity contribution in [2.75, 3.05) is 12.5 Å². The second kappa shape index (κ2) is 12.0. The molecule has 1 aliphatic carbocycles. The van der Waals surface area contributed by atoms with E-state index in [1.165, 1.54) is 17.0 Å². The maximum Gasteiger partial charge on any atom is 0.315 e. The van der Waals surface area contributed by atoms with Gasteiger partial charge in [-0.15, -0.1) is 0 Å². The summed E-state index contributed by atoms with van der Waals surface area (Å²) < 4.78 is 33.4. The standard InChI is InChI=1S/C25H27Cl2N5O6S/c1-2-38-25(35)21-15-7-3-4-8-16(15)24(34)32(23(21)22-17(27)11-14(26)12-20(22)33)19-10-6-5-9-18(19)30-39(36,37)13-29-31-28/h3-4,7-8,11-12,18-19,21,23,30,33H,2,5-6,9-10,13H2,1H3/t18-,19-,21-,23-/m1/s1. The number of esters is 1. The smallest absolute Gasteiger partial charge is 0.315 e. The van der Waals surface area contributed by atoms with Crippen molar-refractivity contribution >= 4 is 45.1 Å². The van der Waals surface area contributed by atoms with Crippen LogP contribution in [0.5, 0.6) is 5.75 Å². The van der Waals surface area contributed by atoms with Gasteiger partial charge in [-0.2, -0.15) is 0 Å². The molecular formula is C25H27Cl2N5O6S. The van der Waals surface area contributed by atoms with Crippen molar-refractivity contribution < 1.29 is 27.9 Å². The number of rotatable bonds is 8. The Hall–Kier alpha value is -3.02. The molecule has 1 saturated carbocycles. The largest absolute Gasteiger partial charge is 0.507 e. The van der Waals surface area contributed by atoms with E-state index >= 15 is 0 Å². The highest BCUT2D eigenvalue weighted by Crippen LogP contribution is 2.50. The monoisotopic (exact) mass is 595 g/mol. The Kier molecular flexibility index (Phi) is 8.93. The van der Waals surface area contributed by atoms with Gasteiger partial charge in [0.2, 0.25) is 10.0 Å². The molecule has 14 heteroatoms. The highest BCUT2D eigenvalue weighted by molar-refractivity contribution is 7.89. The summed E-state index contributed by atoms with van der Waals surface area (Å²) in [5.74, 6) is -3.28. The van der Waals surface area contributed by atoms with Gasteiger partial charge >= 0.3 is 5.97 Å². The molecule has 2 N–H and O–H groups in total. The SMILES string of the molecule is CCOC(=O)[C@@H]1c2ccccc2C(=O)N([C@@H]2CCCC[C@H]2NS(=O)(=O)CN=[N+]=[N-])[C@H]1c1c(O)cc(Cl)cc1Cl. The van der Waals surface area contributed by atoms with Crippen LogP contribution in [0.15, 0.2) is 41.5 Å². The second-order valence-electron chi connectivity index (χ2n) is 9.35. The number of halogens is 2. The zero-order valence-corrected chi connectivity index (χ0v) is 23.3. The van der Waals surface area contributed by atoms with Crippen molar-refractivity contribution in [3.8, 4) is 5.75 Å². The summed E-state index contributed by atoms with van der Waals surface area (Å²) in [6, 6.07) is 6.68. The summed E-state index contributed by atoms with van der Waals surface area (Å²) in [6.45, 7) is 1.73. The lowest BCUT2D eigenvalue weighted by Crippen LogP contribution is -2.59. The average Bonchev–Trinajstić information content (AvgIpc) is 2.88. The number of phenolic OH excluding ortho intramolecular Hbond substituents is 1. The Morgan fingerprint density at radius 1 is 1.26 bits per heavy atom. The van der Waals surface area contributed by atoms with Crippen LogP contribution in [-0.4, -0.2) is 54.9 Å². The first kappa shape index (κ1) is 29.0. The Morgan fingerprint density at radius 3 is 2.67 bits per heavy atom. The molecule has 4 rings (SSSR count). The number of amides is 1. The van der Waals surface area contributed by atoms with Crippen LogP contribution in [0.3, 0.4) is 0 Å². The number of aromatic hydroxyl groups is 1. The van der Waals surface area contributed by atoms with Crippen molar-refractivity contribution in [3.05, 3.63) is 73.6 Å². The molecular weight excluding hydrogens is 569 g/mol. The Bertz CT molecular complexity index is 1410. The van der Waals surface area contributed by atoms with Gasteiger partial charge in [-0.05, 0) is 49.1 Å². The highest BCUT2D eigenvalue weighted by atomic mass is 35.5. The molecule has 0 saturated heterocycles. The fourth-order valence-corrected chi connectivity index (χ4v) is 7.13. The maximum absolute atomic E-state index is 14.2. The van der Waals surface area contributed by atoms with Gasteiger partial charge in [-0.1, -0.05) is 59.4 Å². The third-order valence-corrected chi connectivity index (χ3v) is 8.64. The number of nitrogens with zero attached hydrogens (tertiary/aromatic N) is 4. The fraction of sp³-hybridized carbons (Fsp3) is 0.440. The maximum atomic E-state index is 14.2. The molecule has 39 heavy (non-hydrogen) atoms. The number of fused-ring (bicyclic) bond motifs is 1. The van der Waals surface area contributed by atoms with Crippen LogP contribution in [0.25, 0.3) is 10.4 Å². The van der Waals surface area contributed by atoms with Gasteiger partial charge in [0.15, 0.2) is 0 Å². The van der Waals surface area contributed by atoms with Gasteiger partial charge in [-0.25, -0.2) is 13.1 Å². The van der Waals surface area contributed by atoms with Gasteiger partial charge < -0.3 is 14.7 Å². The Morgan fingerprint density at radius 2 is 1.97 bits per heavy atom. The molecule has 1 aliphatic heterocycles. The number of hydrogen-bond donors (Lipinski definition) is 2. The molecule has 1 fully saturated rings. The molecule has 2 aromatic carbocycles. The van der Waals surface area contributed by atoms with E-state index < -0.39 is 51.8 Å². The topological polar surface area (TPSA) is 162 Å². The van der Waals surface area contributed by atoms with Crippen molar-refractivity contribution in [3.63, 3.8) is 0 Å². The van der Waals surface area contributed by atoms with Gasteiger partial charge in [0.25, 0.3) is 5.91 Å². The number of nitrogens with one attached hydrogen (secondary N) is 1. The highest BCUT2D eigenvalue weighted by Gasteiger charge is 2.50. The van der Waals surface area contributed by atoms with Gasteiger partial charge in [-0.3, -0.25) is 9.59 Å². The lowest BCUT2D eigenvalue weighted by atomic mass is 9.76. The zero-order chi connectivity index (χ0) is 28.3. The van der Waals surface area contributed by atoms with E-state index in [1.807, 2.05) is 0 Å². The minimum Gasteiger partial charge on any atom is -0.507 e. The predicted octanol–water partition coefficient (Wildman–Crippen LogP) is 5.04. The van der Waals surface area contributed by atoms with Crippen LogP contribution < -0.4 is 4.72 Å². The lowest BCUT2D eigenvalue weighted by Gasteiger charge is -2.49. The van der Waals surface area contributed by atoms with Crippen molar-refractivity contribution in [2.24, 2.45) is 5.11 Å². The normalized spacial score (nSPS) is 23.1. The van der Waals surface area contributed by atoms with E-state index in [2.05, 4.69) is 14.7 Å². The first-order valence-corrected chi connectivity index (χ1v) is 14.8. The van der Waals surface area contributed by atoms with Crippen LogP contribution in [0.1, 0.15) is 66.1 Å². The molecule has 0 aromatic heterocycles. The second-order valence-corrected chi connectivity index (χ2v) is 11.9. The van der Waals surface area contributed by atoms with E-state index in [0.29, 0.717) is 31.2 Å². The first-order chi connectivity index (χ1) is 18.6. The number of hydrogen-bond acceptors (Lipinski definition) is 7. The first-order valence-electron chi connectivity index (χ1n) is 12.4. The molecule has 0 unspecified atom stereocenters. The Labute approximate surface area is 235 Å². The Balaban J connectivity index is 1.93. The average molecular weight is 596 g/mol. The third-order valence-electron chi connectivity index (χ3n) is 6.99. The van der Waals surface area contributed by atoms with Crippen LogP contribution in [0.2, 0.25) is 10.0 Å². The summed E-state index contributed by atoms with van der Waals surface area (Å²) in [5, 5.41) is 14.4. The van der Waals surface area contributed by atoms with Crippen molar-refractivity contribution in [1.29, 1.82) is 0 Å². The number of phenols is 1. The number of carbonyl (C=O) groups is 2. The van der Waals surface area contributed by atoms with E-state index in [-0.39, 0.29) is 33.5 Å². The number of azide groups is 1. The van der Waals surface area contributed by atoms with E-state index in [1.54, 1.807) is 31.2 Å². The molecule has 0 bridgehead atoms. The molecule has 208 valence electrons. The minimum atomic E-state index is -4.03. The molecule has 2 aliphatic rings. The summed E-state index contributed by atoms with van der Waals surface area (Å²) in [4.78, 5) is 31.7. The van der Waals surface area contributed by atoms with E-state index in [9.17, 15) is 23.1 Å².